The van der Waals surface area contributed by atoms with Gasteiger partial charge in [-0.1, -0.05) is 32.9 Å². The molecule has 2 heterocycles. The molecule has 4 rings (SSSR count). The molecule has 1 aromatic rings. The fraction of sp³-hybridized carbons (Fsp3) is 0.630. The SMILES string of the molecule is COc1cc(C2SC=NC2C)ccc1CNC(=O)[C@@H]1C[C@@H](O)CN1C(=O)[C@@H](NC(=O)C1(F)CC1)C(C)(C)C. The Morgan fingerprint density at radius 1 is 1.32 bits per heavy atom. The minimum Gasteiger partial charge on any atom is -0.496 e. The van der Waals surface area contributed by atoms with Crippen LogP contribution in [-0.2, 0) is 20.9 Å². The summed E-state index contributed by atoms with van der Waals surface area (Å²) in [5.74, 6) is -1.10. The number of ether oxygens (including phenoxy) is 1. The van der Waals surface area contributed by atoms with E-state index in [0.29, 0.717) is 5.75 Å². The number of nitrogens with one attached hydrogen (secondary N) is 2. The van der Waals surface area contributed by atoms with Gasteiger partial charge in [0.2, 0.25) is 11.8 Å². The van der Waals surface area contributed by atoms with Gasteiger partial charge in [0.15, 0.2) is 5.67 Å². The van der Waals surface area contributed by atoms with E-state index in [1.165, 1.54) is 4.90 Å². The fourth-order valence-corrected chi connectivity index (χ4v) is 5.84. The van der Waals surface area contributed by atoms with Crippen molar-refractivity contribution in [3.05, 3.63) is 29.3 Å². The summed E-state index contributed by atoms with van der Waals surface area (Å²) in [4.78, 5) is 44.9. The summed E-state index contributed by atoms with van der Waals surface area (Å²) in [6.07, 6.45) is -0.548. The number of nitrogens with zero attached hydrogens (tertiary/aromatic N) is 2. The van der Waals surface area contributed by atoms with Gasteiger partial charge in [0.25, 0.3) is 5.91 Å². The van der Waals surface area contributed by atoms with Gasteiger partial charge in [-0.3, -0.25) is 19.4 Å². The number of carbonyl (C=O) groups excluding carboxylic acids is 3. The third-order valence-corrected chi connectivity index (χ3v) is 8.59. The van der Waals surface area contributed by atoms with Crippen LogP contribution >= 0.6 is 11.8 Å². The van der Waals surface area contributed by atoms with Crippen molar-refractivity contribution in [1.29, 1.82) is 0 Å². The van der Waals surface area contributed by atoms with Gasteiger partial charge in [-0.05, 0) is 36.8 Å². The Morgan fingerprint density at radius 2 is 2.03 bits per heavy atom. The van der Waals surface area contributed by atoms with Crippen molar-refractivity contribution >= 4 is 35.0 Å². The maximum absolute atomic E-state index is 14.3. The van der Waals surface area contributed by atoms with E-state index in [9.17, 15) is 23.9 Å². The molecule has 5 atom stereocenters. The number of aliphatic hydroxyl groups is 1. The molecule has 208 valence electrons. The van der Waals surface area contributed by atoms with Crippen LogP contribution in [0.5, 0.6) is 5.75 Å². The van der Waals surface area contributed by atoms with E-state index in [1.807, 2.05) is 23.7 Å². The molecule has 2 unspecified atom stereocenters. The van der Waals surface area contributed by atoms with Crippen LogP contribution in [0.2, 0.25) is 0 Å². The summed E-state index contributed by atoms with van der Waals surface area (Å²) in [6, 6.07) is 4.05. The van der Waals surface area contributed by atoms with E-state index >= 15 is 0 Å². The summed E-state index contributed by atoms with van der Waals surface area (Å²) in [7, 11) is 1.57. The van der Waals surface area contributed by atoms with Gasteiger partial charge in [0.1, 0.15) is 17.8 Å². The van der Waals surface area contributed by atoms with E-state index in [0.717, 1.165) is 11.1 Å². The third-order valence-electron chi connectivity index (χ3n) is 7.38. The van der Waals surface area contributed by atoms with Crippen LogP contribution in [0.15, 0.2) is 23.2 Å². The molecule has 1 aliphatic carbocycles. The van der Waals surface area contributed by atoms with Crippen molar-refractivity contribution < 1.29 is 28.6 Å². The second-order valence-corrected chi connectivity index (χ2v) is 12.5. The molecule has 38 heavy (non-hydrogen) atoms. The lowest BCUT2D eigenvalue weighted by atomic mass is 9.85. The quantitative estimate of drug-likeness (QED) is 0.459. The maximum atomic E-state index is 14.3. The molecule has 0 aromatic heterocycles. The Kier molecular flexibility index (Phi) is 8.09. The van der Waals surface area contributed by atoms with Crippen molar-refractivity contribution in [1.82, 2.24) is 15.5 Å². The van der Waals surface area contributed by atoms with Gasteiger partial charge in [-0.2, -0.15) is 0 Å². The molecule has 1 saturated carbocycles. The van der Waals surface area contributed by atoms with E-state index in [2.05, 4.69) is 22.5 Å². The number of benzene rings is 1. The second kappa shape index (κ2) is 10.8. The van der Waals surface area contributed by atoms with Gasteiger partial charge in [-0.25, -0.2) is 4.39 Å². The normalized spacial score (nSPS) is 26.7. The van der Waals surface area contributed by atoms with Gasteiger partial charge in [-0.15, -0.1) is 11.8 Å². The highest BCUT2D eigenvalue weighted by molar-refractivity contribution is 8.12. The molecule has 1 saturated heterocycles. The van der Waals surface area contributed by atoms with Crippen molar-refractivity contribution in [2.75, 3.05) is 13.7 Å². The number of aliphatic hydroxyl groups excluding tert-OH is 1. The Morgan fingerprint density at radius 3 is 2.61 bits per heavy atom. The first kappa shape index (κ1) is 28.4. The highest BCUT2D eigenvalue weighted by Crippen LogP contribution is 2.41. The number of hydrogen-bond donors (Lipinski definition) is 3. The van der Waals surface area contributed by atoms with Gasteiger partial charge >= 0.3 is 0 Å². The first-order valence-corrected chi connectivity index (χ1v) is 13.9. The van der Waals surface area contributed by atoms with Crippen molar-refractivity contribution in [3.63, 3.8) is 0 Å². The lowest BCUT2D eigenvalue weighted by molar-refractivity contribution is -0.145. The monoisotopic (exact) mass is 548 g/mol. The largest absolute Gasteiger partial charge is 0.496 e. The Bertz CT molecular complexity index is 1120. The lowest BCUT2D eigenvalue weighted by Crippen LogP contribution is -2.59. The molecular weight excluding hydrogens is 511 g/mol. The molecule has 9 nitrogen and oxygen atoms in total. The molecule has 2 aliphatic heterocycles. The van der Waals surface area contributed by atoms with Gasteiger partial charge < -0.3 is 25.4 Å². The zero-order valence-corrected chi connectivity index (χ0v) is 23.3. The van der Waals surface area contributed by atoms with Crippen molar-refractivity contribution in [2.45, 2.75) is 88.7 Å². The number of β-amino-alcohol motifs (C(OH)–C–C–N with tert-alkyl or cyclic N) is 1. The number of carbonyl (C=O) groups is 3. The lowest BCUT2D eigenvalue weighted by Gasteiger charge is -2.35. The number of amides is 3. The predicted molar refractivity (Wildman–Crippen MR) is 144 cm³/mol. The molecule has 3 amide bonds. The average molecular weight is 549 g/mol. The van der Waals surface area contributed by atoms with E-state index < -0.39 is 47.0 Å². The van der Waals surface area contributed by atoms with Crippen LogP contribution in [0.1, 0.15) is 63.3 Å². The Balaban J connectivity index is 1.45. The molecule has 0 radical (unpaired) electrons. The molecular formula is C27H37FN4O5S. The number of aliphatic imine (C=N–C) groups is 1. The van der Waals surface area contributed by atoms with E-state index in [1.54, 1.807) is 39.6 Å². The zero-order valence-electron chi connectivity index (χ0n) is 22.5. The summed E-state index contributed by atoms with van der Waals surface area (Å²) in [5.41, 5.74) is 1.05. The number of rotatable bonds is 8. The van der Waals surface area contributed by atoms with Crippen LogP contribution in [0.3, 0.4) is 0 Å². The topological polar surface area (TPSA) is 120 Å². The molecule has 3 N–H and O–H groups in total. The van der Waals surface area contributed by atoms with Crippen molar-refractivity contribution in [3.8, 4) is 5.75 Å². The summed E-state index contributed by atoms with van der Waals surface area (Å²) in [5, 5.41) is 16.0. The van der Waals surface area contributed by atoms with Gasteiger partial charge in [0.05, 0.1) is 30.1 Å². The molecule has 1 aromatic carbocycles. The summed E-state index contributed by atoms with van der Waals surface area (Å²) < 4.78 is 19.9. The molecule has 11 heteroatoms. The van der Waals surface area contributed by atoms with E-state index in [4.69, 9.17) is 4.74 Å². The standard InChI is InChI=1S/C27H37FN4O5S/c1-15-21(38-14-30-15)16-6-7-17(20(10-16)37-5)12-29-23(34)19-11-18(33)13-32(19)24(35)22(26(2,3)4)31-25(36)27(28)8-9-27/h6-7,10,14-15,18-19,21-22,33H,8-9,11-13H2,1-5H3,(H,29,34)(H,31,36)/t15?,18-,19+,21?,22-/m1/s1. The number of methoxy groups -OCH3 is 1. The fourth-order valence-electron chi connectivity index (χ4n) is 4.85. The first-order valence-electron chi connectivity index (χ1n) is 12.9. The minimum atomic E-state index is -1.93. The van der Waals surface area contributed by atoms with Gasteiger partial charge in [0, 0.05) is 25.1 Å². The van der Waals surface area contributed by atoms with Crippen molar-refractivity contribution in [2.24, 2.45) is 10.4 Å². The van der Waals surface area contributed by atoms with E-state index in [-0.39, 0.29) is 43.6 Å². The smallest absolute Gasteiger partial charge is 0.258 e. The third kappa shape index (κ3) is 5.98. The molecule has 2 fully saturated rings. The Labute approximate surface area is 227 Å². The number of alkyl halides is 1. The molecule has 0 bridgehead atoms. The zero-order chi connectivity index (χ0) is 27.8. The first-order chi connectivity index (χ1) is 17.8. The number of hydrogen-bond acceptors (Lipinski definition) is 7. The highest BCUT2D eigenvalue weighted by Gasteiger charge is 2.53. The number of likely N-dealkylation sites (tertiary alicyclic amines) is 1. The summed E-state index contributed by atoms with van der Waals surface area (Å²) in [6.45, 7) is 7.48. The average Bonchev–Trinajstić information content (AvgIpc) is 3.28. The van der Waals surface area contributed by atoms with Crippen LogP contribution in [0.25, 0.3) is 0 Å². The minimum absolute atomic E-state index is 0.0442. The van der Waals surface area contributed by atoms with Crippen LogP contribution < -0.4 is 15.4 Å². The number of halogens is 1. The van der Waals surface area contributed by atoms with Crippen LogP contribution in [-0.4, -0.2) is 76.8 Å². The number of thioether (sulfide) groups is 1. The molecule has 3 aliphatic rings. The molecule has 0 spiro atoms. The maximum Gasteiger partial charge on any atom is 0.258 e. The second-order valence-electron chi connectivity index (χ2n) is 11.5. The van der Waals surface area contributed by atoms with Crippen LogP contribution in [0, 0.1) is 5.41 Å². The van der Waals surface area contributed by atoms with Crippen LogP contribution in [0.4, 0.5) is 4.39 Å². The highest BCUT2D eigenvalue weighted by atomic mass is 32.2. The summed E-state index contributed by atoms with van der Waals surface area (Å²) >= 11 is 1.65. The Hall–Kier alpha value is -2.66. The predicted octanol–water partition coefficient (Wildman–Crippen LogP) is 2.51.